The molecule has 1 saturated heterocycles. The van der Waals surface area contributed by atoms with Gasteiger partial charge in [-0.2, -0.15) is 0 Å². The van der Waals surface area contributed by atoms with Crippen LogP contribution >= 0.6 is 0 Å². The fraction of sp³-hybridized carbons (Fsp3) is 0.630. The number of benzene rings is 1. The van der Waals surface area contributed by atoms with Gasteiger partial charge >= 0.3 is 5.97 Å². The van der Waals surface area contributed by atoms with Crippen molar-refractivity contribution in [3.05, 3.63) is 41.0 Å². The highest BCUT2D eigenvalue weighted by atomic mass is 16.6. The van der Waals surface area contributed by atoms with Crippen molar-refractivity contribution in [2.45, 2.75) is 76.7 Å². The standard InChI is InChI=1S/C27H38N2O4/c1-19(2)18-25(30)33-27(26(28)31)12-6-20(7-13-27)8-14-29-15-9-21(10-16-29)22-4-3-5-24-23(22)11-17-32-24/h3-5,18,20-21H,6-17H2,1-2H3,(H2,28,31). The third-order valence-electron chi connectivity index (χ3n) is 7.72. The van der Waals surface area contributed by atoms with Crippen LogP contribution in [0.25, 0.3) is 0 Å². The molecule has 1 aliphatic carbocycles. The number of piperidine rings is 1. The van der Waals surface area contributed by atoms with E-state index in [9.17, 15) is 9.59 Å². The molecule has 2 aliphatic heterocycles. The van der Waals surface area contributed by atoms with Crippen LogP contribution in [0.3, 0.4) is 0 Å². The summed E-state index contributed by atoms with van der Waals surface area (Å²) in [5.41, 5.74) is 8.30. The predicted molar refractivity (Wildman–Crippen MR) is 128 cm³/mol. The number of likely N-dealkylation sites (tertiary alicyclic amines) is 1. The third kappa shape index (κ3) is 5.60. The van der Waals surface area contributed by atoms with Gasteiger partial charge in [-0.05, 0) is 102 Å². The van der Waals surface area contributed by atoms with Crippen LogP contribution in [0, 0.1) is 5.92 Å². The summed E-state index contributed by atoms with van der Waals surface area (Å²) in [6.45, 7) is 7.84. The van der Waals surface area contributed by atoms with E-state index < -0.39 is 17.5 Å². The first-order chi connectivity index (χ1) is 15.9. The number of allylic oxidation sites excluding steroid dienone is 1. The number of fused-ring (bicyclic) bond motifs is 1. The van der Waals surface area contributed by atoms with Gasteiger partial charge in [-0.25, -0.2) is 4.79 Å². The van der Waals surface area contributed by atoms with E-state index in [2.05, 4.69) is 23.1 Å². The van der Waals surface area contributed by atoms with Gasteiger partial charge in [-0.15, -0.1) is 0 Å². The Balaban J connectivity index is 1.23. The number of rotatable bonds is 7. The largest absolute Gasteiger partial charge is 0.493 e. The summed E-state index contributed by atoms with van der Waals surface area (Å²) in [6, 6.07) is 6.53. The molecular formula is C27H38N2O4. The number of nitrogens with two attached hydrogens (primary N) is 1. The number of carbonyl (C=O) groups excluding carboxylic acids is 2. The molecule has 0 atom stereocenters. The summed E-state index contributed by atoms with van der Waals surface area (Å²) in [4.78, 5) is 26.8. The zero-order valence-electron chi connectivity index (χ0n) is 20.1. The summed E-state index contributed by atoms with van der Waals surface area (Å²) in [7, 11) is 0. The van der Waals surface area contributed by atoms with Crippen LogP contribution in [0.1, 0.15) is 75.8 Å². The molecule has 1 saturated carbocycles. The first-order valence-electron chi connectivity index (χ1n) is 12.5. The number of amides is 1. The van der Waals surface area contributed by atoms with E-state index in [0.717, 1.165) is 63.2 Å². The third-order valence-corrected chi connectivity index (χ3v) is 7.72. The maximum atomic E-state index is 12.1. The van der Waals surface area contributed by atoms with Gasteiger partial charge in [-0.3, -0.25) is 4.79 Å². The molecule has 2 heterocycles. The number of hydrogen-bond donors (Lipinski definition) is 1. The molecule has 0 aromatic heterocycles. The fourth-order valence-corrected chi connectivity index (χ4v) is 5.75. The number of primary amides is 1. The summed E-state index contributed by atoms with van der Waals surface area (Å²) in [5.74, 6) is 1.29. The van der Waals surface area contributed by atoms with E-state index in [1.165, 1.54) is 30.0 Å². The van der Waals surface area contributed by atoms with E-state index in [4.69, 9.17) is 15.2 Å². The Morgan fingerprint density at radius 1 is 1.18 bits per heavy atom. The molecule has 3 aliphatic rings. The molecule has 0 spiro atoms. The molecule has 6 heteroatoms. The van der Waals surface area contributed by atoms with Crippen molar-refractivity contribution in [2.24, 2.45) is 11.7 Å². The zero-order chi connectivity index (χ0) is 23.4. The Bertz CT molecular complexity index is 889. The molecule has 4 rings (SSSR count). The molecule has 6 nitrogen and oxygen atoms in total. The van der Waals surface area contributed by atoms with Gasteiger partial charge in [0.1, 0.15) is 5.75 Å². The fourth-order valence-electron chi connectivity index (χ4n) is 5.75. The predicted octanol–water partition coefficient (Wildman–Crippen LogP) is 4.11. The van der Waals surface area contributed by atoms with Gasteiger partial charge < -0.3 is 20.1 Å². The average Bonchev–Trinajstić information content (AvgIpc) is 3.27. The van der Waals surface area contributed by atoms with Crippen LogP contribution in [-0.2, 0) is 20.7 Å². The van der Waals surface area contributed by atoms with Gasteiger partial charge in [-0.1, -0.05) is 17.7 Å². The molecular weight excluding hydrogens is 416 g/mol. The lowest BCUT2D eigenvalue weighted by molar-refractivity contribution is -0.167. The van der Waals surface area contributed by atoms with E-state index in [0.29, 0.717) is 24.7 Å². The lowest BCUT2D eigenvalue weighted by Crippen LogP contribution is -2.50. The monoisotopic (exact) mass is 454 g/mol. The molecule has 1 amide bonds. The van der Waals surface area contributed by atoms with Crippen molar-refractivity contribution >= 4 is 11.9 Å². The molecule has 2 fully saturated rings. The Hall–Kier alpha value is -2.34. The second-order valence-electron chi connectivity index (χ2n) is 10.3. The summed E-state index contributed by atoms with van der Waals surface area (Å²) >= 11 is 0. The Kier molecular flexibility index (Phi) is 7.42. The second-order valence-corrected chi connectivity index (χ2v) is 10.3. The SMILES string of the molecule is CC(C)=CC(=O)OC1(C(N)=O)CCC(CCN2CCC(c3cccc4c3CCO4)CC2)CC1. The van der Waals surface area contributed by atoms with Gasteiger partial charge in [0.05, 0.1) is 6.61 Å². The van der Waals surface area contributed by atoms with Gasteiger partial charge in [0.2, 0.25) is 0 Å². The van der Waals surface area contributed by atoms with Crippen LogP contribution in [0.4, 0.5) is 0 Å². The Morgan fingerprint density at radius 3 is 2.58 bits per heavy atom. The van der Waals surface area contributed by atoms with Crippen molar-refractivity contribution in [1.29, 1.82) is 0 Å². The van der Waals surface area contributed by atoms with Gasteiger partial charge in [0.15, 0.2) is 5.60 Å². The smallest absolute Gasteiger partial charge is 0.331 e. The Labute approximate surface area is 197 Å². The quantitative estimate of drug-likeness (QED) is 0.495. The topological polar surface area (TPSA) is 81.9 Å². The minimum Gasteiger partial charge on any atom is -0.493 e. The van der Waals surface area contributed by atoms with Crippen LogP contribution < -0.4 is 10.5 Å². The maximum absolute atomic E-state index is 12.1. The van der Waals surface area contributed by atoms with Gasteiger partial charge in [0, 0.05) is 18.1 Å². The first kappa shape index (κ1) is 23.8. The lowest BCUT2D eigenvalue weighted by Gasteiger charge is -2.38. The average molecular weight is 455 g/mol. The van der Waals surface area contributed by atoms with E-state index in [-0.39, 0.29) is 0 Å². The number of carbonyl (C=O) groups is 2. The number of nitrogens with zero attached hydrogens (tertiary/aromatic N) is 1. The highest BCUT2D eigenvalue weighted by Crippen LogP contribution is 2.39. The van der Waals surface area contributed by atoms with Crippen LogP contribution in [-0.4, -0.2) is 48.6 Å². The summed E-state index contributed by atoms with van der Waals surface area (Å²) < 4.78 is 11.3. The number of esters is 1. The molecule has 2 N–H and O–H groups in total. The van der Waals surface area contributed by atoms with Crippen LogP contribution in [0.5, 0.6) is 5.75 Å². The van der Waals surface area contributed by atoms with E-state index in [1.807, 2.05) is 13.8 Å². The van der Waals surface area contributed by atoms with Crippen LogP contribution in [0.15, 0.2) is 29.8 Å². The minimum atomic E-state index is -1.14. The lowest BCUT2D eigenvalue weighted by atomic mass is 9.77. The van der Waals surface area contributed by atoms with Crippen molar-refractivity contribution in [1.82, 2.24) is 4.90 Å². The molecule has 0 radical (unpaired) electrons. The van der Waals surface area contributed by atoms with Crippen LogP contribution in [0.2, 0.25) is 0 Å². The number of ether oxygens (including phenoxy) is 2. The number of hydrogen-bond acceptors (Lipinski definition) is 5. The normalized spacial score (nSPS) is 25.7. The van der Waals surface area contributed by atoms with Gasteiger partial charge in [0.25, 0.3) is 5.91 Å². The maximum Gasteiger partial charge on any atom is 0.331 e. The van der Waals surface area contributed by atoms with Crippen molar-refractivity contribution in [2.75, 3.05) is 26.2 Å². The molecule has 1 aromatic carbocycles. The summed E-state index contributed by atoms with van der Waals surface area (Å²) in [5, 5.41) is 0. The highest BCUT2D eigenvalue weighted by Gasteiger charge is 2.43. The first-order valence-corrected chi connectivity index (χ1v) is 12.5. The molecule has 0 bridgehead atoms. The molecule has 1 aromatic rings. The van der Waals surface area contributed by atoms with Crippen molar-refractivity contribution < 1.29 is 19.1 Å². The molecule has 33 heavy (non-hydrogen) atoms. The van der Waals surface area contributed by atoms with Crippen molar-refractivity contribution in [3.8, 4) is 5.75 Å². The molecule has 180 valence electrons. The minimum absolute atomic E-state index is 0.467. The zero-order valence-corrected chi connectivity index (χ0v) is 20.1. The van der Waals surface area contributed by atoms with E-state index in [1.54, 1.807) is 0 Å². The Morgan fingerprint density at radius 2 is 1.91 bits per heavy atom. The second kappa shape index (κ2) is 10.3. The summed E-state index contributed by atoms with van der Waals surface area (Å²) in [6.07, 6.45) is 8.79. The highest BCUT2D eigenvalue weighted by molar-refractivity contribution is 5.90. The van der Waals surface area contributed by atoms with E-state index >= 15 is 0 Å². The molecule has 0 unspecified atom stereocenters. The van der Waals surface area contributed by atoms with Crippen molar-refractivity contribution in [3.63, 3.8) is 0 Å².